The lowest BCUT2D eigenvalue weighted by atomic mass is 10.5. The molecule has 2 heterocycles. The minimum Gasteiger partial charge on any atom is -0.350 e. The molecule has 2 amide bonds. The molecule has 2 rings (SSSR count). The molecule has 86 valence electrons. The maximum Gasteiger partial charge on any atom is 0.332 e. The van der Waals surface area contributed by atoms with Gasteiger partial charge in [-0.2, -0.15) is 5.10 Å². The van der Waals surface area contributed by atoms with Crippen molar-refractivity contribution in [2.24, 2.45) is 10.8 Å². The molecule has 0 saturated carbocycles. The van der Waals surface area contributed by atoms with Crippen LogP contribution in [0.25, 0.3) is 0 Å². The highest BCUT2D eigenvalue weighted by molar-refractivity contribution is 8.07. The van der Waals surface area contributed by atoms with Gasteiger partial charge in [0, 0.05) is 11.5 Å². The predicted molar refractivity (Wildman–Crippen MR) is 74.6 cm³/mol. The molecular formula is C7H7N3OS5. The zero-order valence-electron chi connectivity index (χ0n) is 7.89. The van der Waals surface area contributed by atoms with Crippen molar-refractivity contribution in [3.63, 3.8) is 0 Å². The Labute approximate surface area is 114 Å². The van der Waals surface area contributed by atoms with Gasteiger partial charge in [-0.1, -0.05) is 12.2 Å². The summed E-state index contributed by atoms with van der Waals surface area (Å²) in [5.41, 5.74) is 8.14. The number of fused-ring (bicyclic) bond motifs is 1. The number of urea groups is 1. The number of carbonyl (C=O) groups is 1. The average Bonchev–Trinajstić information content (AvgIpc) is 2.47. The summed E-state index contributed by atoms with van der Waals surface area (Å²) in [5.74, 6) is 1.53. The van der Waals surface area contributed by atoms with Crippen LogP contribution in [0.4, 0.5) is 4.79 Å². The van der Waals surface area contributed by atoms with Gasteiger partial charge in [-0.25, -0.2) is 10.2 Å². The molecule has 0 radical (unpaired) electrons. The number of nitrogens with two attached hydrogens (primary N) is 1. The molecule has 1 aliphatic rings. The smallest absolute Gasteiger partial charge is 0.332 e. The maximum atomic E-state index is 10.5. The summed E-state index contributed by atoms with van der Waals surface area (Å²) < 4.78 is 3.47. The van der Waals surface area contributed by atoms with E-state index in [0.29, 0.717) is 0 Å². The molecule has 1 aromatic rings. The van der Waals surface area contributed by atoms with E-state index in [1.807, 2.05) is 0 Å². The van der Waals surface area contributed by atoms with Crippen molar-refractivity contribution in [3.8, 4) is 0 Å². The van der Waals surface area contributed by atoms with E-state index in [9.17, 15) is 4.79 Å². The summed E-state index contributed by atoms with van der Waals surface area (Å²) in [6.45, 7) is 0. The van der Waals surface area contributed by atoms with Crippen LogP contribution < -0.4 is 11.2 Å². The topological polar surface area (TPSA) is 67.5 Å². The Morgan fingerprint density at radius 1 is 1.31 bits per heavy atom. The molecule has 1 aliphatic heterocycles. The number of carbonyl (C=O) groups excluding carboxylic acids is 1. The van der Waals surface area contributed by atoms with Crippen LogP contribution in [0.1, 0.15) is 0 Å². The monoisotopic (exact) mass is 309 g/mol. The maximum absolute atomic E-state index is 10.5. The van der Waals surface area contributed by atoms with Crippen LogP contribution in [0.5, 0.6) is 0 Å². The van der Waals surface area contributed by atoms with Crippen molar-refractivity contribution in [2.45, 2.75) is 8.42 Å². The van der Waals surface area contributed by atoms with Gasteiger partial charge in [-0.05, 0) is 0 Å². The molecule has 0 bridgehead atoms. The molecule has 0 aromatic carbocycles. The first-order valence-corrected chi connectivity index (χ1v) is 8.17. The second kappa shape index (κ2) is 5.50. The van der Waals surface area contributed by atoms with E-state index in [4.69, 9.17) is 18.0 Å². The highest BCUT2D eigenvalue weighted by Crippen LogP contribution is 2.42. The Bertz CT molecular complexity index is 460. The van der Waals surface area contributed by atoms with Crippen LogP contribution in [-0.4, -0.2) is 23.2 Å². The molecule has 9 heteroatoms. The predicted octanol–water partition coefficient (Wildman–Crippen LogP) is 2.76. The molecule has 0 spiro atoms. The molecule has 0 atom stereocenters. The van der Waals surface area contributed by atoms with Crippen molar-refractivity contribution in [1.82, 2.24) is 5.43 Å². The molecule has 1 aromatic heterocycles. The standard InChI is InChI=1S/C7H7N3OS5/c8-6(11)10-9-3-1-13-4-5(14-2-3)16-7(12)15-4/h1-2H2,(H3,8,10,11). The van der Waals surface area contributed by atoms with Gasteiger partial charge in [0.05, 0.1) is 14.1 Å². The summed E-state index contributed by atoms with van der Waals surface area (Å²) in [7, 11) is 0. The molecule has 16 heavy (non-hydrogen) atoms. The number of amides is 2. The zero-order valence-corrected chi connectivity index (χ0v) is 12.0. The summed E-state index contributed by atoms with van der Waals surface area (Å²) in [4.78, 5) is 10.5. The van der Waals surface area contributed by atoms with E-state index in [0.717, 1.165) is 20.4 Å². The van der Waals surface area contributed by atoms with E-state index in [1.165, 1.54) is 8.42 Å². The van der Waals surface area contributed by atoms with E-state index < -0.39 is 6.03 Å². The highest BCUT2D eigenvalue weighted by atomic mass is 32.2. The second-order valence-electron chi connectivity index (χ2n) is 2.76. The number of nitrogens with one attached hydrogen (secondary N) is 1. The SMILES string of the molecule is NC(=O)NN=C1CSc2sc(=S)sc2SC1. The average molecular weight is 309 g/mol. The van der Waals surface area contributed by atoms with Gasteiger partial charge < -0.3 is 5.73 Å². The number of hydrogen-bond acceptors (Lipinski definition) is 7. The molecule has 0 saturated heterocycles. The Balaban J connectivity index is 2.08. The third-order valence-corrected chi connectivity index (χ3v) is 7.31. The van der Waals surface area contributed by atoms with Gasteiger partial charge in [-0.3, -0.25) is 0 Å². The molecule has 0 unspecified atom stereocenters. The third kappa shape index (κ3) is 3.20. The number of hydrazone groups is 1. The van der Waals surface area contributed by atoms with E-state index >= 15 is 0 Å². The first-order chi connectivity index (χ1) is 7.65. The van der Waals surface area contributed by atoms with Crippen molar-refractivity contribution in [1.29, 1.82) is 0 Å². The van der Waals surface area contributed by atoms with Crippen LogP contribution in [0.2, 0.25) is 0 Å². The number of primary amides is 1. The summed E-state index contributed by atoms with van der Waals surface area (Å²) in [6, 6.07) is -0.628. The summed E-state index contributed by atoms with van der Waals surface area (Å²) in [6.07, 6.45) is 0. The lowest BCUT2D eigenvalue weighted by Crippen LogP contribution is -2.26. The fourth-order valence-electron chi connectivity index (χ4n) is 0.970. The highest BCUT2D eigenvalue weighted by Gasteiger charge is 2.16. The van der Waals surface area contributed by atoms with E-state index in [2.05, 4.69) is 10.5 Å². The summed E-state index contributed by atoms with van der Waals surface area (Å²) >= 11 is 11.8. The zero-order chi connectivity index (χ0) is 11.5. The summed E-state index contributed by atoms with van der Waals surface area (Å²) in [5, 5.41) is 3.96. The molecular weight excluding hydrogens is 302 g/mol. The van der Waals surface area contributed by atoms with Crippen molar-refractivity contribution in [2.75, 3.05) is 11.5 Å². The van der Waals surface area contributed by atoms with Gasteiger partial charge in [-0.15, -0.1) is 46.2 Å². The lowest BCUT2D eigenvalue weighted by Gasteiger charge is -1.99. The van der Waals surface area contributed by atoms with Gasteiger partial charge in [0.25, 0.3) is 0 Å². The van der Waals surface area contributed by atoms with Crippen molar-refractivity contribution in [3.05, 3.63) is 3.14 Å². The second-order valence-corrected chi connectivity index (χ2v) is 8.47. The Kier molecular flexibility index (Phi) is 4.25. The number of rotatable bonds is 1. The fourth-order valence-corrected chi connectivity index (χ4v) is 7.07. The third-order valence-electron chi connectivity index (χ3n) is 1.58. The van der Waals surface area contributed by atoms with Gasteiger partial charge >= 0.3 is 6.03 Å². The quantitative estimate of drug-likeness (QED) is 0.618. The van der Waals surface area contributed by atoms with Crippen LogP contribution in [0.3, 0.4) is 0 Å². The van der Waals surface area contributed by atoms with Gasteiger partial charge in [0.15, 0.2) is 0 Å². The van der Waals surface area contributed by atoms with Crippen LogP contribution in [0.15, 0.2) is 13.5 Å². The fraction of sp³-hybridized carbons (Fsp3) is 0.286. The minimum atomic E-state index is -0.628. The van der Waals surface area contributed by atoms with Crippen molar-refractivity contribution >= 4 is 70.2 Å². The van der Waals surface area contributed by atoms with E-state index in [-0.39, 0.29) is 0 Å². The molecule has 0 aliphatic carbocycles. The first kappa shape index (κ1) is 12.4. The van der Waals surface area contributed by atoms with Crippen LogP contribution >= 0.6 is 58.4 Å². The molecule has 4 nitrogen and oxygen atoms in total. The number of nitrogens with zero attached hydrogens (tertiary/aromatic N) is 1. The van der Waals surface area contributed by atoms with Crippen LogP contribution in [-0.2, 0) is 0 Å². The Hall–Kier alpha value is -0.0900. The molecule has 0 fully saturated rings. The van der Waals surface area contributed by atoms with E-state index in [1.54, 1.807) is 46.2 Å². The number of thioether (sulfide) groups is 2. The Morgan fingerprint density at radius 2 is 1.88 bits per heavy atom. The van der Waals surface area contributed by atoms with Crippen molar-refractivity contribution < 1.29 is 4.79 Å². The van der Waals surface area contributed by atoms with Gasteiger partial charge in [0.1, 0.15) is 3.14 Å². The molecule has 3 N–H and O–H groups in total. The largest absolute Gasteiger partial charge is 0.350 e. The normalized spacial score (nSPS) is 15.1. The number of hydrogen-bond donors (Lipinski definition) is 2. The lowest BCUT2D eigenvalue weighted by molar-refractivity contribution is 0.249. The van der Waals surface area contributed by atoms with Gasteiger partial charge in [0.2, 0.25) is 0 Å². The van der Waals surface area contributed by atoms with Crippen LogP contribution in [0, 0.1) is 3.14 Å². The Morgan fingerprint density at radius 3 is 2.38 bits per heavy atom. The minimum absolute atomic E-state index is 0.628. The first-order valence-electron chi connectivity index (χ1n) is 4.15.